The summed E-state index contributed by atoms with van der Waals surface area (Å²) in [5, 5.41) is 0. The summed E-state index contributed by atoms with van der Waals surface area (Å²) in [5.74, 6) is 3.73. The largest absolute Gasteiger partial charge is 0.496 e. The van der Waals surface area contributed by atoms with Gasteiger partial charge in [0.15, 0.2) is 0 Å². The summed E-state index contributed by atoms with van der Waals surface area (Å²) >= 11 is 5.40. The fraction of sp³-hybridized carbons (Fsp3) is 0.500. The third kappa shape index (κ3) is 2.41. The van der Waals surface area contributed by atoms with Crippen LogP contribution in [-0.2, 0) is 5.75 Å². The van der Waals surface area contributed by atoms with Crippen LogP contribution in [0.25, 0.3) is 0 Å². The van der Waals surface area contributed by atoms with Crippen LogP contribution >= 0.6 is 27.7 Å². The number of benzene rings is 1. The number of thioether (sulfide) groups is 1. The molecule has 1 aromatic carbocycles. The highest BCUT2D eigenvalue weighted by Crippen LogP contribution is 2.44. The number of nitrogens with two attached hydrogens (primary N) is 1. The molecule has 0 radical (unpaired) electrons. The van der Waals surface area contributed by atoms with Gasteiger partial charge in [0.05, 0.1) is 18.7 Å². The minimum atomic E-state index is 0.0151. The van der Waals surface area contributed by atoms with E-state index in [0.29, 0.717) is 0 Å². The molecule has 3 nitrogen and oxygen atoms in total. The highest BCUT2D eigenvalue weighted by Gasteiger charge is 2.25. The average molecular weight is 318 g/mol. The normalized spacial score (nSPS) is 19.4. The summed E-state index contributed by atoms with van der Waals surface area (Å²) < 4.78 is 11.8. The zero-order valence-electron chi connectivity index (χ0n) is 9.96. The lowest BCUT2D eigenvalue weighted by Gasteiger charge is -2.20. The minimum absolute atomic E-state index is 0.0151. The van der Waals surface area contributed by atoms with Gasteiger partial charge in [-0.05, 0) is 34.2 Å². The predicted octanol–water partition coefficient (Wildman–Crippen LogP) is 3.10. The zero-order valence-corrected chi connectivity index (χ0v) is 12.4. The second-order valence-corrected chi connectivity index (χ2v) is 5.89. The molecule has 5 heteroatoms. The number of halogens is 1. The molecule has 0 saturated carbocycles. The van der Waals surface area contributed by atoms with Crippen LogP contribution < -0.4 is 15.2 Å². The summed E-state index contributed by atoms with van der Waals surface area (Å²) in [6.07, 6.45) is 0.966. The van der Waals surface area contributed by atoms with Gasteiger partial charge < -0.3 is 15.2 Å². The van der Waals surface area contributed by atoms with Crippen LogP contribution in [0.15, 0.2) is 10.5 Å². The van der Waals surface area contributed by atoms with E-state index in [0.717, 1.165) is 39.5 Å². The Hall–Kier alpha value is -0.390. The first-order valence-electron chi connectivity index (χ1n) is 5.45. The lowest BCUT2D eigenvalue weighted by atomic mass is 9.98. The topological polar surface area (TPSA) is 44.5 Å². The fourth-order valence-electron chi connectivity index (χ4n) is 2.13. The van der Waals surface area contributed by atoms with E-state index in [-0.39, 0.29) is 6.04 Å². The van der Waals surface area contributed by atoms with E-state index in [4.69, 9.17) is 15.2 Å². The maximum Gasteiger partial charge on any atom is 0.138 e. The Kier molecular flexibility index (Phi) is 4.22. The van der Waals surface area contributed by atoms with Gasteiger partial charge in [0.25, 0.3) is 0 Å². The summed E-state index contributed by atoms with van der Waals surface area (Å²) in [6.45, 7) is 0. The molecule has 2 rings (SSSR count). The van der Waals surface area contributed by atoms with E-state index in [9.17, 15) is 0 Å². The summed E-state index contributed by atoms with van der Waals surface area (Å²) in [4.78, 5) is 0. The van der Waals surface area contributed by atoms with Gasteiger partial charge in [0.1, 0.15) is 11.5 Å². The molecule has 1 aromatic rings. The first-order chi connectivity index (χ1) is 8.19. The third-order valence-electron chi connectivity index (χ3n) is 2.96. The van der Waals surface area contributed by atoms with Gasteiger partial charge in [-0.2, -0.15) is 11.8 Å². The highest BCUT2D eigenvalue weighted by molar-refractivity contribution is 9.10. The van der Waals surface area contributed by atoms with Gasteiger partial charge in [0.2, 0.25) is 0 Å². The molecule has 0 unspecified atom stereocenters. The third-order valence-corrected chi connectivity index (χ3v) is 4.56. The van der Waals surface area contributed by atoms with E-state index in [1.165, 1.54) is 5.56 Å². The van der Waals surface area contributed by atoms with Crippen LogP contribution in [0.2, 0.25) is 0 Å². The van der Waals surface area contributed by atoms with Crippen molar-refractivity contribution in [1.82, 2.24) is 0 Å². The number of rotatable bonds is 2. The van der Waals surface area contributed by atoms with Crippen LogP contribution in [0.4, 0.5) is 0 Å². The second-order valence-electron chi connectivity index (χ2n) is 3.93. The first-order valence-corrected chi connectivity index (χ1v) is 7.40. The Morgan fingerprint density at radius 3 is 2.82 bits per heavy atom. The Morgan fingerprint density at radius 2 is 2.18 bits per heavy atom. The maximum atomic E-state index is 6.25. The SMILES string of the molecule is COc1cc(Br)c(OC)c2c1CSCC[C@@H]2N. The van der Waals surface area contributed by atoms with Gasteiger partial charge >= 0.3 is 0 Å². The van der Waals surface area contributed by atoms with Crippen molar-refractivity contribution in [3.63, 3.8) is 0 Å². The Morgan fingerprint density at radius 1 is 1.41 bits per heavy atom. The smallest absolute Gasteiger partial charge is 0.138 e. The molecule has 1 heterocycles. The van der Waals surface area contributed by atoms with Crippen molar-refractivity contribution in [2.45, 2.75) is 18.2 Å². The lowest BCUT2D eigenvalue weighted by Crippen LogP contribution is -2.14. The highest BCUT2D eigenvalue weighted by atomic mass is 79.9. The molecule has 0 fully saturated rings. The van der Waals surface area contributed by atoms with Crippen LogP contribution in [0.5, 0.6) is 11.5 Å². The lowest BCUT2D eigenvalue weighted by molar-refractivity contribution is 0.389. The number of fused-ring (bicyclic) bond motifs is 1. The number of hydrogen-bond donors (Lipinski definition) is 1. The summed E-state index contributed by atoms with van der Waals surface area (Å²) in [5.41, 5.74) is 8.50. The Bertz CT molecular complexity index is 425. The van der Waals surface area contributed by atoms with Crippen molar-refractivity contribution in [3.8, 4) is 11.5 Å². The average Bonchev–Trinajstić information content (AvgIpc) is 2.51. The Labute approximate surface area is 114 Å². The van der Waals surface area contributed by atoms with Crippen molar-refractivity contribution in [2.24, 2.45) is 5.73 Å². The van der Waals surface area contributed by atoms with Crippen molar-refractivity contribution in [1.29, 1.82) is 0 Å². The zero-order chi connectivity index (χ0) is 12.4. The van der Waals surface area contributed by atoms with Gasteiger partial charge in [-0.25, -0.2) is 0 Å². The van der Waals surface area contributed by atoms with Gasteiger partial charge in [-0.1, -0.05) is 0 Å². The number of methoxy groups -OCH3 is 2. The minimum Gasteiger partial charge on any atom is -0.496 e. The van der Waals surface area contributed by atoms with Crippen molar-refractivity contribution < 1.29 is 9.47 Å². The molecule has 0 aromatic heterocycles. The molecule has 94 valence electrons. The van der Waals surface area contributed by atoms with Crippen molar-refractivity contribution in [2.75, 3.05) is 20.0 Å². The summed E-state index contributed by atoms with van der Waals surface area (Å²) in [6, 6.07) is 1.97. The van der Waals surface area contributed by atoms with E-state index < -0.39 is 0 Å². The molecule has 0 aliphatic carbocycles. The number of ether oxygens (including phenoxy) is 2. The van der Waals surface area contributed by atoms with Gasteiger partial charge in [0, 0.05) is 22.9 Å². The van der Waals surface area contributed by atoms with E-state index >= 15 is 0 Å². The molecule has 0 saturated heterocycles. The molecular formula is C12H16BrNO2S. The molecular weight excluding hydrogens is 302 g/mol. The maximum absolute atomic E-state index is 6.25. The van der Waals surface area contributed by atoms with Gasteiger partial charge in [-0.3, -0.25) is 0 Å². The van der Waals surface area contributed by atoms with E-state index in [1.54, 1.807) is 14.2 Å². The molecule has 1 aliphatic heterocycles. The molecule has 0 spiro atoms. The summed E-state index contributed by atoms with van der Waals surface area (Å²) in [7, 11) is 3.37. The quantitative estimate of drug-likeness (QED) is 0.910. The van der Waals surface area contributed by atoms with Crippen LogP contribution in [0.1, 0.15) is 23.6 Å². The van der Waals surface area contributed by atoms with Gasteiger partial charge in [-0.15, -0.1) is 0 Å². The Balaban J connectivity index is 2.65. The van der Waals surface area contributed by atoms with Crippen LogP contribution in [-0.4, -0.2) is 20.0 Å². The fourth-order valence-corrected chi connectivity index (χ4v) is 3.78. The van der Waals surface area contributed by atoms with Crippen LogP contribution in [0.3, 0.4) is 0 Å². The number of hydrogen-bond acceptors (Lipinski definition) is 4. The standard InChI is InChI=1S/C12H16BrNO2S/c1-15-10-5-8(13)12(16-2)11-7(10)6-17-4-3-9(11)14/h5,9H,3-4,6,14H2,1-2H3/t9-/m0/s1. The first kappa shape index (κ1) is 13.1. The predicted molar refractivity (Wildman–Crippen MR) is 75.0 cm³/mol. The molecule has 2 N–H and O–H groups in total. The molecule has 1 atom stereocenters. The van der Waals surface area contributed by atoms with Crippen LogP contribution in [0, 0.1) is 0 Å². The van der Waals surface area contributed by atoms with Crippen molar-refractivity contribution in [3.05, 3.63) is 21.7 Å². The van der Waals surface area contributed by atoms with E-state index in [1.807, 2.05) is 17.8 Å². The molecule has 1 aliphatic rings. The second kappa shape index (κ2) is 5.50. The molecule has 0 amide bonds. The molecule has 0 bridgehead atoms. The van der Waals surface area contributed by atoms with Crippen molar-refractivity contribution >= 4 is 27.7 Å². The van der Waals surface area contributed by atoms with E-state index in [2.05, 4.69) is 15.9 Å². The molecule has 17 heavy (non-hydrogen) atoms. The monoisotopic (exact) mass is 317 g/mol.